The molecule has 1 saturated carbocycles. The van der Waals surface area contributed by atoms with Crippen molar-refractivity contribution >= 4 is 0 Å². The summed E-state index contributed by atoms with van der Waals surface area (Å²) in [5.41, 5.74) is 0.341. The molecule has 2 atom stereocenters. The molecule has 1 heterocycles. The first-order valence-electron chi connectivity index (χ1n) is 7.11. The van der Waals surface area contributed by atoms with Crippen LogP contribution in [0.3, 0.4) is 0 Å². The van der Waals surface area contributed by atoms with Gasteiger partial charge in [0.1, 0.15) is 0 Å². The van der Waals surface area contributed by atoms with E-state index in [0.717, 1.165) is 31.6 Å². The van der Waals surface area contributed by atoms with Crippen molar-refractivity contribution in [2.24, 2.45) is 5.41 Å². The summed E-state index contributed by atoms with van der Waals surface area (Å²) in [5.74, 6) is 2.05. The van der Waals surface area contributed by atoms with E-state index < -0.39 is 0 Å². The molecule has 0 radical (unpaired) electrons. The molecule has 108 valence electrons. The third kappa shape index (κ3) is 3.76. The number of hydrogen-bond donors (Lipinski definition) is 1. The van der Waals surface area contributed by atoms with Crippen LogP contribution in [0, 0.1) is 5.41 Å². The van der Waals surface area contributed by atoms with Crippen LogP contribution in [0.4, 0.5) is 0 Å². The van der Waals surface area contributed by atoms with Gasteiger partial charge in [-0.3, -0.25) is 0 Å². The van der Waals surface area contributed by atoms with Crippen LogP contribution < -0.4 is 5.32 Å². The van der Waals surface area contributed by atoms with Gasteiger partial charge in [0, 0.05) is 25.5 Å². The lowest BCUT2D eigenvalue weighted by Gasteiger charge is -2.15. The first-order chi connectivity index (χ1) is 9.06. The summed E-state index contributed by atoms with van der Waals surface area (Å²) in [6.07, 6.45) is 2.99. The number of methoxy groups -OCH3 is 1. The second-order valence-corrected chi connectivity index (χ2v) is 6.10. The lowest BCUT2D eigenvalue weighted by atomic mass is 10.1. The van der Waals surface area contributed by atoms with Crippen LogP contribution in [-0.2, 0) is 11.2 Å². The summed E-state index contributed by atoms with van der Waals surface area (Å²) in [4.78, 5) is 4.52. The molecule has 1 fully saturated rings. The molecule has 1 aromatic rings. The van der Waals surface area contributed by atoms with E-state index in [9.17, 15) is 0 Å². The fourth-order valence-corrected chi connectivity index (χ4v) is 2.35. The van der Waals surface area contributed by atoms with Gasteiger partial charge in [0.15, 0.2) is 5.82 Å². The van der Waals surface area contributed by atoms with Gasteiger partial charge >= 0.3 is 0 Å². The Labute approximate surface area is 115 Å². The van der Waals surface area contributed by atoms with Gasteiger partial charge in [-0.15, -0.1) is 0 Å². The highest BCUT2D eigenvalue weighted by Gasteiger charge is 2.49. The SMILES string of the molecule is CCCNC(COC)Cc1nc(C2CC2(C)C)no1. The van der Waals surface area contributed by atoms with Crippen molar-refractivity contribution in [1.82, 2.24) is 15.5 Å². The Bertz CT molecular complexity index is 403. The van der Waals surface area contributed by atoms with Crippen molar-refractivity contribution in [3.8, 4) is 0 Å². The molecule has 5 heteroatoms. The monoisotopic (exact) mass is 267 g/mol. The summed E-state index contributed by atoms with van der Waals surface area (Å²) in [6.45, 7) is 8.27. The number of nitrogens with one attached hydrogen (secondary N) is 1. The van der Waals surface area contributed by atoms with Crippen molar-refractivity contribution in [2.45, 2.75) is 52.0 Å². The lowest BCUT2D eigenvalue weighted by Crippen LogP contribution is -2.35. The first-order valence-corrected chi connectivity index (χ1v) is 7.11. The van der Waals surface area contributed by atoms with Crippen molar-refractivity contribution in [3.63, 3.8) is 0 Å². The Morgan fingerprint density at radius 2 is 2.26 bits per heavy atom. The summed E-state index contributed by atoms with van der Waals surface area (Å²) in [5, 5.41) is 7.55. The molecule has 0 bridgehead atoms. The van der Waals surface area contributed by atoms with Crippen molar-refractivity contribution in [3.05, 3.63) is 11.7 Å². The topological polar surface area (TPSA) is 60.2 Å². The van der Waals surface area contributed by atoms with Gasteiger partial charge < -0.3 is 14.6 Å². The van der Waals surface area contributed by atoms with Crippen LogP contribution in [0.25, 0.3) is 0 Å². The quantitative estimate of drug-likeness (QED) is 0.782. The zero-order chi connectivity index (χ0) is 13.9. The van der Waals surface area contributed by atoms with E-state index in [-0.39, 0.29) is 6.04 Å². The summed E-state index contributed by atoms with van der Waals surface area (Å²) in [7, 11) is 1.71. The molecule has 0 spiro atoms. The molecule has 1 aliphatic rings. The number of rotatable bonds is 8. The third-order valence-electron chi connectivity index (χ3n) is 3.78. The number of aromatic nitrogens is 2. The van der Waals surface area contributed by atoms with E-state index >= 15 is 0 Å². The van der Waals surface area contributed by atoms with Crippen LogP contribution in [0.2, 0.25) is 0 Å². The maximum absolute atomic E-state index is 5.36. The number of ether oxygens (including phenoxy) is 1. The van der Waals surface area contributed by atoms with Gasteiger partial charge in [-0.05, 0) is 24.8 Å². The molecule has 2 rings (SSSR count). The van der Waals surface area contributed by atoms with E-state index in [0.29, 0.717) is 23.8 Å². The highest BCUT2D eigenvalue weighted by atomic mass is 16.5. The average Bonchev–Trinajstić information content (AvgIpc) is 2.80. The summed E-state index contributed by atoms with van der Waals surface area (Å²) >= 11 is 0. The Hall–Kier alpha value is -0.940. The van der Waals surface area contributed by atoms with Gasteiger partial charge in [0.05, 0.1) is 6.61 Å². The van der Waals surface area contributed by atoms with Crippen molar-refractivity contribution in [1.29, 1.82) is 0 Å². The molecule has 0 aromatic carbocycles. The zero-order valence-corrected chi connectivity index (χ0v) is 12.4. The maximum atomic E-state index is 5.36. The highest BCUT2D eigenvalue weighted by molar-refractivity contribution is 5.14. The van der Waals surface area contributed by atoms with Gasteiger partial charge in [0.2, 0.25) is 5.89 Å². The predicted molar refractivity (Wildman–Crippen MR) is 73.1 cm³/mol. The maximum Gasteiger partial charge on any atom is 0.228 e. The normalized spacial score (nSPS) is 22.4. The highest BCUT2D eigenvalue weighted by Crippen LogP contribution is 2.57. The Balaban J connectivity index is 1.90. The van der Waals surface area contributed by atoms with E-state index in [2.05, 4.69) is 36.2 Å². The third-order valence-corrected chi connectivity index (χ3v) is 3.78. The molecule has 0 saturated heterocycles. The number of nitrogens with zero attached hydrogens (tertiary/aromatic N) is 2. The molecular weight excluding hydrogens is 242 g/mol. The van der Waals surface area contributed by atoms with Crippen LogP contribution in [0.1, 0.15) is 51.2 Å². The predicted octanol–water partition coefficient (Wildman–Crippen LogP) is 2.14. The second-order valence-electron chi connectivity index (χ2n) is 6.10. The van der Waals surface area contributed by atoms with Gasteiger partial charge in [-0.2, -0.15) is 4.98 Å². The first kappa shape index (κ1) is 14.5. The molecule has 1 N–H and O–H groups in total. The van der Waals surface area contributed by atoms with Crippen molar-refractivity contribution < 1.29 is 9.26 Å². The molecule has 1 aliphatic carbocycles. The average molecular weight is 267 g/mol. The van der Waals surface area contributed by atoms with Gasteiger partial charge in [0.25, 0.3) is 0 Å². The zero-order valence-electron chi connectivity index (χ0n) is 12.4. The van der Waals surface area contributed by atoms with Crippen LogP contribution >= 0.6 is 0 Å². The Kier molecular flexibility index (Phi) is 4.58. The second kappa shape index (κ2) is 6.01. The minimum atomic E-state index is 0.241. The smallest absolute Gasteiger partial charge is 0.228 e. The molecule has 0 aliphatic heterocycles. The minimum absolute atomic E-state index is 0.241. The molecule has 0 amide bonds. The van der Waals surface area contributed by atoms with Crippen LogP contribution in [0.15, 0.2) is 4.52 Å². The largest absolute Gasteiger partial charge is 0.383 e. The van der Waals surface area contributed by atoms with E-state index in [1.54, 1.807) is 7.11 Å². The fraction of sp³-hybridized carbons (Fsp3) is 0.857. The van der Waals surface area contributed by atoms with E-state index in [1.807, 2.05) is 0 Å². The summed E-state index contributed by atoms with van der Waals surface area (Å²) < 4.78 is 10.6. The number of hydrogen-bond acceptors (Lipinski definition) is 5. The molecule has 1 aromatic heterocycles. The summed E-state index contributed by atoms with van der Waals surface area (Å²) in [6, 6.07) is 0.241. The lowest BCUT2D eigenvalue weighted by molar-refractivity contribution is 0.161. The van der Waals surface area contributed by atoms with E-state index in [1.165, 1.54) is 0 Å². The van der Waals surface area contributed by atoms with Crippen molar-refractivity contribution in [2.75, 3.05) is 20.3 Å². The minimum Gasteiger partial charge on any atom is -0.383 e. The molecule has 5 nitrogen and oxygen atoms in total. The van der Waals surface area contributed by atoms with Crippen LogP contribution in [0.5, 0.6) is 0 Å². The van der Waals surface area contributed by atoms with Gasteiger partial charge in [-0.25, -0.2) is 0 Å². The Morgan fingerprint density at radius 3 is 2.84 bits per heavy atom. The molecule has 2 unspecified atom stereocenters. The fourth-order valence-electron chi connectivity index (χ4n) is 2.35. The Morgan fingerprint density at radius 1 is 1.53 bits per heavy atom. The van der Waals surface area contributed by atoms with Gasteiger partial charge in [-0.1, -0.05) is 25.9 Å². The molecular formula is C14H25N3O2. The molecule has 19 heavy (non-hydrogen) atoms. The van der Waals surface area contributed by atoms with E-state index in [4.69, 9.17) is 9.26 Å². The van der Waals surface area contributed by atoms with Crippen LogP contribution in [-0.4, -0.2) is 36.4 Å². The standard InChI is InChI=1S/C14H25N3O2/c1-5-6-15-10(9-18-4)7-12-16-13(17-19-12)11-8-14(11,2)3/h10-11,15H,5-9H2,1-4H3.